The highest BCUT2D eigenvalue weighted by molar-refractivity contribution is 5.85. The fourth-order valence-electron chi connectivity index (χ4n) is 1.03. The lowest BCUT2D eigenvalue weighted by molar-refractivity contribution is -0.131. The van der Waals surface area contributed by atoms with Crippen LogP contribution in [0, 0.1) is 0 Å². The molecule has 1 rings (SSSR count). The van der Waals surface area contributed by atoms with Gasteiger partial charge in [0, 0.05) is 6.08 Å². The van der Waals surface area contributed by atoms with Gasteiger partial charge in [0.2, 0.25) is 0 Å². The number of carbonyl (C=O) groups is 2. The van der Waals surface area contributed by atoms with Gasteiger partial charge >= 0.3 is 5.97 Å². The summed E-state index contributed by atoms with van der Waals surface area (Å²) in [4.78, 5) is 20.8. The van der Waals surface area contributed by atoms with Crippen LogP contribution in [-0.4, -0.2) is 23.6 Å². The first-order valence-corrected chi connectivity index (χ1v) is 4.50. The summed E-state index contributed by atoms with van der Waals surface area (Å²) < 4.78 is 5.06. The van der Waals surface area contributed by atoms with Gasteiger partial charge in [-0.2, -0.15) is 0 Å². The lowest BCUT2D eigenvalue weighted by Gasteiger charge is -2.03. The Morgan fingerprint density at radius 3 is 2.81 bits per heavy atom. The van der Waals surface area contributed by atoms with Gasteiger partial charge in [0.15, 0.2) is 6.61 Å². The van der Waals surface area contributed by atoms with Crippen LogP contribution in [0.3, 0.4) is 0 Å². The topological polar surface area (TPSA) is 89.6 Å². The summed E-state index contributed by atoms with van der Waals surface area (Å²) in [6, 6.07) is 6.68. The third-order valence-electron chi connectivity index (χ3n) is 1.66. The molecule has 5 nitrogen and oxygen atoms in total. The SMILES string of the molecule is NC(=O)COc1cccc(/C=C/C(=O)O)c1. The number of aliphatic carboxylic acids is 1. The molecule has 0 heterocycles. The summed E-state index contributed by atoms with van der Waals surface area (Å²) in [6.07, 6.45) is 2.45. The highest BCUT2D eigenvalue weighted by atomic mass is 16.5. The van der Waals surface area contributed by atoms with E-state index in [-0.39, 0.29) is 6.61 Å². The summed E-state index contributed by atoms with van der Waals surface area (Å²) in [6.45, 7) is -0.202. The summed E-state index contributed by atoms with van der Waals surface area (Å²) in [5, 5.41) is 8.44. The van der Waals surface area contributed by atoms with Crippen LogP contribution in [0.4, 0.5) is 0 Å². The minimum atomic E-state index is -1.02. The maximum Gasteiger partial charge on any atom is 0.328 e. The van der Waals surface area contributed by atoms with Crippen molar-refractivity contribution in [1.82, 2.24) is 0 Å². The first kappa shape index (κ1) is 11.8. The molecule has 0 saturated heterocycles. The van der Waals surface area contributed by atoms with Crippen LogP contribution in [0.15, 0.2) is 30.3 Å². The molecule has 0 radical (unpaired) electrons. The second-order valence-corrected chi connectivity index (χ2v) is 3.00. The van der Waals surface area contributed by atoms with Crippen molar-refractivity contribution in [3.8, 4) is 5.75 Å². The number of carboxylic acids is 1. The lowest BCUT2D eigenvalue weighted by atomic mass is 10.2. The van der Waals surface area contributed by atoms with E-state index in [9.17, 15) is 9.59 Å². The number of benzene rings is 1. The van der Waals surface area contributed by atoms with Crippen LogP contribution in [0.1, 0.15) is 5.56 Å². The first-order valence-electron chi connectivity index (χ1n) is 4.50. The molecule has 0 unspecified atom stereocenters. The Morgan fingerprint density at radius 2 is 2.19 bits per heavy atom. The Balaban J connectivity index is 2.71. The fourth-order valence-corrected chi connectivity index (χ4v) is 1.03. The number of primary amides is 1. The maximum atomic E-state index is 10.5. The quantitative estimate of drug-likeness (QED) is 0.714. The van der Waals surface area contributed by atoms with Gasteiger partial charge in [-0.3, -0.25) is 4.79 Å². The summed E-state index contributed by atoms with van der Waals surface area (Å²) in [5.41, 5.74) is 5.59. The molecule has 5 heteroatoms. The Hall–Kier alpha value is -2.30. The van der Waals surface area contributed by atoms with E-state index < -0.39 is 11.9 Å². The second-order valence-electron chi connectivity index (χ2n) is 3.00. The number of hydrogen-bond acceptors (Lipinski definition) is 3. The molecular formula is C11H11NO4. The van der Waals surface area contributed by atoms with Gasteiger partial charge in [-0.05, 0) is 23.8 Å². The summed E-state index contributed by atoms with van der Waals surface area (Å²) in [7, 11) is 0. The number of amides is 1. The molecule has 1 aromatic rings. The third-order valence-corrected chi connectivity index (χ3v) is 1.66. The molecular weight excluding hydrogens is 210 g/mol. The van der Waals surface area contributed by atoms with Crippen molar-refractivity contribution in [3.63, 3.8) is 0 Å². The van der Waals surface area contributed by atoms with Gasteiger partial charge < -0.3 is 15.6 Å². The van der Waals surface area contributed by atoms with E-state index in [0.29, 0.717) is 11.3 Å². The highest BCUT2D eigenvalue weighted by Gasteiger charge is 1.98. The molecule has 0 aromatic heterocycles. The number of carbonyl (C=O) groups excluding carboxylic acids is 1. The number of hydrogen-bond donors (Lipinski definition) is 2. The van der Waals surface area contributed by atoms with E-state index in [4.69, 9.17) is 15.6 Å². The van der Waals surface area contributed by atoms with Crippen LogP contribution in [0.5, 0.6) is 5.75 Å². The molecule has 0 atom stereocenters. The van der Waals surface area contributed by atoms with Crippen molar-refractivity contribution in [3.05, 3.63) is 35.9 Å². The molecule has 1 aromatic carbocycles. The average Bonchev–Trinajstić information content (AvgIpc) is 2.24. The van der Waals surface area contributed by atoms with Gasteiger partial charge in [0.05, 0.1) is 0 Å². The van der Waals surface area contributed by atoms with Gasteiger partial charge in [0.25, 0.3) is 5.91 Å². The van der Waals surface area contributed by atoms with Crippen molar-refractivity contribution in [2.45, 2.75) is 0 Å². The van der Waals surface area contributed by atoms with E-state index in [1.807, 2.05) is 0 Å². The molecule has 84 valence electrons. The van der Waals surface area contributed by atoms with Gasteiger partial charge in [-0.25, -0.2) is 4.79 Å². The third kappa shape index (κ3) is 4.28. The van der Waals surface area contributed by atoms with Crippen LogP contribution in [0.2, 0.25) is 0 Å². The maximum absolute atomic E-state index is 10.5. The molecule has 0 aliphatic rings. The van der Waals surface area contributed by atoms with E-state index in [1.165, 1.54) is 6.08 Å². The molecule has 0 aliphatic carbocycles. The molecule has 0 fully saturated rings. The van der Waals surface area contributed by atoms with Crippen LogP contribution < -0.4 is 10.5 Å². The molecule has 3 N–H and O–H groups in total. The van der Waals surface area contributed by atoms with Crippen molar-refractivity contribution >= 4 is 18.0 Å². The fraction of sp³-hybridized carbons (Fsp3) is 0.0909. The van der Waals surface area contributed by atoms with E-state index in [2.05, 4.69) is 0 Å². The number of carboxylic acid groups (broad SMARTS) is 1. The van der Waals surface area contributed by atoms with Crippen LogP contribution >= 0.6 is 0 Å². The Kier molecular flexibility index (Phi) is 4.08. The first-order chi connectivity index (χ1) is 7.58. The molecule has 0 saturated carbocycles. The largest absolute Gasteiger partial charge is 0.484 e. The highest BCUT2D eigenvalue weighted by Crippen LogP contribution is 2.14. The smallest absolute Gasteiger partial charge is 0.328 e. The Bertz CT molecular complexity index is 426. The normalized spacial score (nSPS) is 10.2. The Morgan fingerprint density at radius 1 is 1.44 bits per heavy atom. The van der Waals surface area contributed by atoms with E-state index >= 15 is 0 Å². The molecule has 0 bridgehead atoms. The average molecular weight is 221 g/mol. The minimum absolute atomic E-state index is 0.202. The molecule has 0 aliphatic heterocycles. The van der Waals surface area contributed by atoms with Gasteiger partial charge in [-0.1, -0.05) is 12.1 Å². The zero-order valence-electron chi connectivity index (χ0n) is 8.42. The second kappa shape index (κ2) is 5.55. The lowest BCUT2D eigenvalue weighted by Crippen LogP contribution is -2.19. The number of nitrogens with two attached hydrogens (primary N) is 1. The molecule has 1 amide bonds. The van der Waals surface area contributed by atoms with Gasteiger partial charge in [-0.15, -0.1) is 0 Å². The predicted octanol–water partition coefficient (Wildman–Crippen LogP) is 0.648. The molecule has 16 heavy (non-hydrogen) atoms. The minimum Gasteiger partial charge on any atom is -0.484 e. The number of rotatable bonds is 5. The van der Waals surface area contributed by atoms with Crippen molar-refractivity contribution in [2.24, 2.45) is 5.73 Å². The van der Waals surface area contributed by atoms with Crippen LogP contribution in [-0.2, 0) is 9.59 Å². The van der Waals surface area contributed by atoms with E-state index in [1.54, 1.807) is 24.3 Å². The molecule has 0 spiro atoms. The van der Waals surface area contributed by atoms with Crippen molar-refractivity contribution in [1.29, 1.82) is 0 Å². The zero-order valence-corrected chi connectivity index (χ0v) is 8.42. The van der Waals surface area contributed by atoms with Crippen molar-refractivity contribution < 1.29 is 19.4 Å². The zero-order chi connectivity index (χ0) is 12.0. The summed E-state index contributed by atoms with van der Waals surface area (Å²) >= 11 is 0. The predicted molar refractivity (Wildman–Crippen MR) is 57.8 cm³/mol. The van der Waals surface area contributed by atoms with Crippen LogP contribution in [0.25, 0.3) is 6.08 Å². The standard InChI is InChI=1S/C11H11NO4/c12-10(13)7-16-9-3-1-2-8(6-9)4-5-11(14)15/h1-6H,7H2,(H2,12,13)(H,14,15)/b5-4+. The van der Waals surface area contributed by atoms with Crippen molar-refractivity contribution in [2.75, 3.05) is 6.61 Å². The van der Waals surface area contributed by atoms with Gasteiger partial charge in [0.1, 0.15) is 5.75 Å². The van der Waals surface area contributed by atoms with E-state index in [0.717, 1.165) is 6.08 Å². The summed E-state index contributed by atoms with van der Waals surface area (Å²) in [5.74, 6) is -1.12. The number of ether oxygens (including phenoxy) is 1. The Labute approximate surface area is 92.1 Å². The monoisotopic (exact) mass is 221 g/mol.